The van der Waals surface area contributed by atoms with Crippen LogP contribution in [0.2, 0.25) is 0 Å². The molecule has 1 heterocycles. The molecule has 2 N–H and O–H groups in total. The standard InChI is InChI=1S/C25H24F2N2O4S2/c26-19-8-11-21(22(27)16-19)23(12-14-30)28-24(31)25-29(13-15-34-25)35(32,33)20-9-6-18(7-10-20)17-4-2-1-3-5-17/h1-11,16,23,25,30H,12-15H2,(H,28,31)/t23-,25-/m0/s1. The molecule has 1 fully saturated rings. The largest absolute Gasteiger partial charge is 0.396 e. The number of halogens is 2. The lowest BCUT2D eigenvalue weighted by molar-refractivity contribution is -0.123. The first kappa shape index (κ1) is 25.3. The maximum absolute atomic E-state index is 14.3. The molecular weight excluding hydrogens is 494 g/mol. The van der Waals surface area contributed by atoms with Crippen molar-refractivity contribution in [2.75, 3.05) is 18.9 Å². The molecule has 6 nitrogen and oxygen atoms in total. The number of aliphatic hydroxyl groups is 1. The van der Waals surface area contributed by atoms with E-state index in [9.17, 15) is 27.1 Å². The summed E-state index contributed by atoms with van der Waals surface area (Å²) in [5.41, 5.74) is 1.83. The topological polar surface area (TPSA) is 86.7 Å². The van der Waals surface area contributed by atoms with Crippen LogP contribution in [0.15, 0.2) is 77.7 Å². The number of sulfonamides is 1. The van der Waals surface area contributed by atoms with Gasteiger partial charge in [-0.05, 0) is 35.7 Å². The Morgan fingerprint density at radius 2 is 1.74 bits per heavy atom. The van der Waals surface area contributed by atoms with Crippen LogP contribution in [0.5, 0.6) is 0 Å². The van der Waals surface area contributed by atoms with Crippen LogP contribution in [0.3, 0.4) is 0 Å². The van der Waals surface area contributed by atoms with E-state index in [0.29, 0.717) is 11.8 Å². The maximum atomic E-state index is 14.3. The zero-order chi connectivity index (χ0) is 25.0. The van der Waals surface area contributed by atoms with Gasteiger partial charge in [-0.1, -0.05) is 48.5 Å². The first-order chi connectivity index (χ1) is 16.8. The minimum absolute atomic E-state index is 0.0145. The lowest BCUT2D eigenvalue weighted by Crippen LogP contribution is -2.45. The van der Waals surface area contributed by atoms with Crippen molar-refractivity contribution in [1.29, 1.82) is 0 Å². The number of nitrogens with zero attached hydrogens (tertiary/aromatic N) is 1. The predicted molar refractivity (Wildman–Crippen MR) is 131 cm³/mol. The summed E-state index contributed by atoms with van der Waals surface area (Å²) >= 11 is 1.16. The quantitative estimate of drug-likeness (QED) is 0.472. The average Bonchev–Trinajstić information content (AvgIpc) is 3.36. The number of carbonyl (C=O) groups excluding carboxylic acids is 1. The minimum Gasteiger partial charge on any atom is -0.396 e. The number of nitrogens with one attached hydrogen (secondary N) is 1. The van der Waals surface area contributed by atoms with Gasteiger partial charge in [0, 0.05) is 30.5 Å². The van der Waals surface area contributed by atoms with Gasteiger partial charge in [0.25, 0.3) is 0 Å². The van der Waals surface area contributed by atoms with E-state index in [1.807, 2.05) is 30.3 Å². The fourth-order valence-electron chi connectivity index (χ4n) is 3.95. The van der Waals surface area contributed by atoms with Crippen molar-refractivity contribution in [2.45, 2.75) is 22.7 Å². The molecule has 10 heteroatoms. The highest BCUT2D eigenvalue weighted by atomic mass is 32.2. The van der Waals surface area contributed by atoms with Crippen molar-refractivity contribution in [2.24, 2.45) is 0 Å². The summed E-state index contributed by atoms with van der Waals surface area (Å²) in [6, 6.07) is 18.0. The van der Waals surface area contributed by atoms with E-state index in [2.05, 4.69) is 5.32 Å². The Labute approximate surface area is 207 Å². The molecule has 1 amide bonds. The van der Waals surface area contributed by atoms with Gasteiger partial charge < -0.3 is 10.4 Å². The van der Waals surface area contributed by atoms with Crippen LogP contribution in [-0.2, 0) is 14.8 Å². The molecule has 1 aliphatic rings. The molecule has 184 valence electrons. The first-order valence-corrected chi connectivity index (χ1v) is 13.5. The molecule has 1 saturated heterocycles. The average molecular weight is 519 g/mol. The summed E-state index contributed by atoms with van der Waals surface area (Å²) in [5.74, 6) is -1.83. The summed E-state index contributed by atoms with van der Waals surface area (Å²) in [7, 11) is -3.98. The maximum Gasteiger partial charge on any atom is 0.249 e. The Bertz CT molecular complexity index is 1290. The van der Waals surface area contributed by atoms with Crippen LogP contribution in [-0.4, -0.2) is 48.0 Å². The van der Waals surface area contributed by atoms with E-state index in [1.54, 1.807) is 12.1 Å². The number of rotatable bonds is 8. The van der Waals surface area contributed by atoms with E-state index < -0.39 is 39.0 Å². The number of aliphatic hydroxyl groups excluding tert-OH is 1. The number of hydrogen-bond donors (Lipinski definition) is 2. The summed E-state index contributed by atoms with van der Waals surface area (Å²) in [4.78, 5) is 13.2. The Morgan fingerprint density at radius 1 is 1.06 bits per heavy atom. The van der Waals surface area contributed by atoms with Crippen LogP contribution < -0.4 is 5.32 Å². The molecule has 0 radical (unpaired) electrons. The lowest BCUT2D eigenvalue weighted by atomic mass is 10.0. The van der Waals surface area contributed by atoms with E-state index in [1.165, 1.54) is 18.2 Å². The predicted octanol–water partition coefficient (Wildman–Crippen LogP) is 3.94. The number of thioether (sulfide) groups is 1. The third kappa shape index (κ3) is 5.56. The number of hydrogen-bond acceptors (Lipinski definition) is 5. The summed E-state index contributed by atoms with van der Waals surface area (Å²) in [6.45, 7) is -0.212. The summed E-state index contributed by atoms with van der Waals surface area (Å²) in [6.07, 6.45) is -0.0145. The molecule has 3 aromatic rings. The van der Waals surface area contributed by atoms with Crippen molar-refractivity contribution in [3.05, 3.63) is 90.0 Å². The van der Waals surface area contributed by atoms with Crippen LogP contribution in [0.25, 0.3) is 11.1 Å². The lowest BCUT2D eigenvalue weighted by Gasteiger charge is -2.26. The number of carbonyl (C=O) groups is 1. The molecule has 0 unspecified atom stereocenters. The van der Waals surface area contributed by atoms with Crippen molar-refractivity contribution < 1.29 is 27.1 Å². The van der Waals surface area contributed by atoms with Crippen molar-refractivity contribution >= 4 is 27.7 Å². The van der Waals surface area contributed by atoms with E-state index >= 15 is 0 Å². The second-order valence-corrected chi connectivity index (χ2v) is 11.0. The normalized spacial score (nSPS) is 17.3. The third-order valence-corrected chi connectivity index (χ3v) is 8.93. The zero-order valence-corrected chi connectivity index (χ0v) is 20.2. The number of amides is 1. The summed E-state index contributed by atoms with van der Waals surface area (Å²) in [5, 5.41) is 11.0. The van der Waals surface area contributed by atoms with E-state index in [-0.39, 0.29) is 30.0 Å². The van der Waals surface area contributed by atoms with Crippen LogP contribution in [0.1, 0.15) is 18.0 Å². The van der Waals surface area contributed by atoms with Crippen LogP contribution in [0, 0.1) is 11.6 Å². The zero-order valence-electron chi connectivity index (χ0n) is 18.6. The third-order valence-electron chi connectivity index (χ3n) is 5.71. The first-order valence-electron chi connectivity index (χ1n) is 11.0. The highest BCUT2D eigenvalue weighted by Gasteiger charge is 2.41. The smallest absolute Gasteiger partial charge is 0.249 e. The van der Waals surface area contributed by atoms with Gasteiger partial charge in [-0.15, -0.1) is 11.8 Å². The van der Waals surface area contributed by atoms with Gasteiger partial charge in [0.1, 0.15) is 17.0 Å². The molecule has 2 atom stereocenters. The Balaban J connectivity index is 1.54. The molecule has 35 heavy (non-hydrogen) atoms. The molecular formula is C25H24F2N2O4S2. The molecule has 0 bridgehead atoms. The van der Waals surface area contributed by atoms with Gasteiger partial charge in [-0.2, -0.15) is 4.31 Å². The molecule has 3 aromatic carbocycles. The Morgan fingerprint density at radius 3 is 2.40 bits per heavy atom. The minimum atomic E-state index is -3.98. The molecule has 0 saturated carbocycles. The van der Waals surface area contributed by atoms with Crippen LogP contribution in [0.4, 0.5) is 8.78 Å². The second-order valence-electron chi connectivity index (χ2n) is 7.97. The monoisotopic (exact) mass is 518 g/mol. The van der Waals surface area contributed by atoms with Gasteiger partial charge in [-0.3, -0.25) is 4.79 Å². The fraction of sp³-hybridized carbons (Fsp3) is 0.240. The molecule has 0 aliphatic carbocycles. The second kappa shape index (κ2) is 10.9. The van der Waals surface area contributed by atoms with Gasteiger partial charge >= 0.3 is 0 Å². The van der Waals surface area contributed by atoms with E-state index in [4.69, 9.17) is 0 Å². The van der Waals surface area contributed by atoms with E-state index in [0.717, 1.165) is 33.3 Å². The molecule has 0 spiro atoms. The van der Waals surface area contributed by atoms with Gasteiger partial charge in [0.2, 0.25) is 15.9 Å². The fourth-order valence-corrected chi connectivity index (χ4v) is 7.04. The van der Waals surface area contributed by atoms with Gasteiger partial charge in [0.05, 0.1) is 10.9 Å². The van der Waals surface area contributed by atoms with Gasteiger partial charge in [-0.25, -0.2) is 17.2 Å². The number of benzene rings is 3. The highest BCUT2D eigenvalue weighted by Crippen LogP contribution is 2.32. The van der Waals surface area contributed by atoms with Crippen molar-refractivity contribution in [3.63, 3.8) is 0 Å². The molecule has 1 aliphatic heterocycles. The Kier molecular flexibility index (Phi) is 7.85. The van der Waals surface area contributed by atoms with Crippen molar-refractivity contribution in [1.82, 2.24) is 9.62 Å². The van der Waals surface area contributed by atoms with Crippen molar-refractivity contribution in [3.8, 4) is 11.1 Å². The molecule has 0 aromatic heterocycles. The SMILES string of the molecule is O=C(N[C@@H](CCO)c1ccc(F)cc1F)[C@@H]1SCCN1S(=O)(=O)c1ccc(-c2ccccc2)cc1. The molecule has 4 rings (SSSR count). The van der Waals surface area contributed by atoms with Crippen LogP contribution >= 0.6 is 11.8 Å². The summed E-state index contributed by atoms with van der Waals surface area (Å²) < 4.78 is 55.5. The van der Waals surface area contributed by atoms with Gasteiger partial charge in [0.15, 0.2) is 0 Å². The Hall–Kier alpha value is -2.79. The highest BCUT2D eigenvalue weighted by molar-refractivity contribution is 8.02.